The maximum Gasteiger partial charge on any atom is 0.287 e. The smallest absolute Gasteiger partial charge is 0.287 e. The number of aromatic nitrogens is 1. The molecule has 7 nitrogen and oxygen atoms in total. The predicted molar refractivity (Wildman–Crippen MR) is 88.5 cm³/mol. The van der Waals surface area contributed by atoms with Crippen LogP contribution < -0.4 is 4.90 Å². The zero-order chi connectivity index (χ0) is 16.7. The van der Waals surface area contributed by atoms with Gasteiger partial charge in [-0.05, 0) is 30.7 Å². The molecule has 1 saturated heterocycles. The van der Waals surface area contributed by atoms with E-state index in [1.807, 2.05) is 4.90 Å². The minimum atomic E-state index is -0.447. The Hall–Kier alpha value is -2.44. The van der Waals surface area contributed by atoms with Gasteiger partial charge < -0.3 is 9.80 Å². The normalized spacial score (nSPS) is 28.4. The lowest BCUT2D eigenvalue weighted by Crippen LogP contribution is -2.51. The molecule has 3 aliphatic rings. The van der Waals surface area contributed by atoms with E-state index in [9.17, 15) is 14.9 Å². The van der Waals surface area contributed by atoms with Crippen molar-refractivity contribution in [3.63, 3.8) is 0 Å². The van der Waals surface area contributed by atoms with E-state index in [-0.39, 0.29) is 11.6 Å². The quantitative estimate of drug-likeness (QED) is 0.481. The number of hydrogen-bond acceptors (Lipinski definition) is 5. The van der Waals surface area contributed by atoms with Crippen LogP contribution in [0.25, 0.3) is 0 Å². The van der Waals surface area contributed by atoms with Crippen molar-refractivity contribution < 1.29 is 9.72 Å². The standard InChI is InChI=1S/C17H20N4O3/c22-17(15-10-12-1-2-13(15)9-12)20-7-5-19(6-8-20)16-4-3-14(11-18-16)21(23)24/h1-4,11-13,15H,5-10H2. The Bertz CT molecular complexity index is 680. The molecule has 7 heteroatoms. The van der Waals surface area contributed by atoms with Gasteiger partial charge in [-0.1, -0.05) is 12.2 Å². The van der Waals surface area contributed by atoms with Gasteiger partial charge >= 0.3 is 0 Å². The summed E-state index contributed by atoms with van der Waals surface area (Å²) in [6, 6.07) is 3.15. The molecule has 126 valence electrons. The first-order chi connectivity index (χ1) is 11.6. The van der Waals surface area contributed by atoms with Crippen LogP contribution in [0.1, 0.15) is 12.8 Å². The number of allylic oxidation sites excluding steroid dienone is 2. The molecule has 1 aliphatic heterocycles. The number of carbonyl (C=O) groups excluding carboxylic acids is 1. The molecule has 1 aromatic heterocycles. The van der Waals surface area contributed by atoms with Crippen LogP contribution in [0.3, 0.4) is 0 Å². The number of fused-ring (bicyclic) bond motifs is 2. The number of rotatable bonds is 3. The molecule has 1 amide bonds. The highest BCUT2D eigenvalue weighted by molar-refractivity contribution is 5.80. The summed E-state index contributed by atoms with van der Waals surface area (Å²) in [6.45, 7) is 2.81. The number of piperazine rings is 1. The maximum atomic E-state index is 12.7. The minimum Gasteiger partial charge on any atom is -0.353 e. The molecule has 1 aromatic rings. The van der Waals surface area contributed by atoms with Crippen molar-refractivity contribution in [2.24, 2.45) is 17.8 Å². The van der Waals surface area contributed by atoms with E-state index in [2.05, 4.69) is 22.0 Å². The molecule has 0 aromatic carbocycles. The van der Waals surface area contributed by atoms with Crippen LogP contribution in [-0.2, 0) is 4.79 Å². The lowest BCUT2D eigenvalue weighted by atomic mass is 9.92. The molecule has 3 unspecified atom stereocenters. The largest absolute Gasteiger partial charge is 0.353 e. The second-order valence-electron chi connectivity index (χ2n) is 6.83. The van der Waals surface area contributed by atoms with Crippen LogP contribution in [0.15, 0.2) is 30.5 Å². The van der Waals surface area contributed by atoms with Crippen molar-refractivity contribution in [2.45, 2.75) is 12.8 Å². The van der Waals surface area contributed by atoms with Gasteiger partial charge in [0.25, 0.3) is 5.69 Å². The second-order valence-corrected chi connectivity index (χ2v) is 6.83. The zero-order valence-corrected chi connectivity index (χ0v) is 13.4. The van der Waals surface area contributed by atoms with Crippen molar-refractivity contribution in [3.8, 4) is 0 Å². The van der Waals surface area contributed by atoms with Gasteiger partial charge in [-0.3, -0.25) is 14.9 Å². The number of anilines is 1. The summed E-state index contributed by atoms with van der Waals surface area (Å²) in [5.41, 5.74) is -0.00287. The highest BCUT2D eigenvalue weighted by Crippen LogP contribution is 2.44. The fourth-order valence-corrected chi connectivity index (χ4v) is 4.13. The number of carbonyl (C=O) groups is 1. The molecule has 1 saturated carbocycles. The van der Waals surface area contributed by atoms with Crippen LogP contribution in [0.4, 0.5) is 11.5 Å². The van der Waals surface area contributed by atoms with E-state index in [1.54, 1.807) is 6.07 Å². The Morgan fingerprint density at radius 3 is 2.50 bits per heavy atom. The summed E-state index contributed by atoms with van der Waals surface area (Å²) >= 11 is 0. The Kier molecular flexibility index (Phi) is 3.70. The predicted octanol–water partition coefficient (Wildman–Crippen LogP) is 1.85. The lowest BCUT2D eigenvalue weighted by Gasteiger charge is -2.37. The molecule has 24 heavy (non-hydrogen) atoms. The third-order valence-electron chi connectivity index (χ3n) is 5.45. The van der Waals surface area contributed by atoms with Crippen molar-refractivity contribution in [3.05, 3.63) is 40.6 Å². The molecule has 2 bridgehead atoms. The van der Waals surface area contributed by atoms with Gasteiger partial charge in [0.1, 0.15) is 12.0 Å². The highest BCUT2D eigenvalue weighted by atomic mass is 16.6. The van der Waals surface area contributed by atoms with Gasteiger partial charge in [0, 0.05) is 38.2 Å². The van der Waals surface area contributed by atoms with E-state index in [1.165, 1.54) is 12.3 Å². The molecular formula is C17H20N4O3. The van der Waals surface area contributed by atoms with Gasteiger partial charge in [0.15, 0.2) is 0 Å². The van der Waals surface area contributed by atoms with E-state index in [4.69, 9.17) is 0 Å². The zero-order valence-electron chi connectivity index (χ0n) is 13.4. The first kappa shape index (κ1) is 15.1. The Morgan fingerprint density at radius 2 is 1.96 bits per heavy atom. The van der Waals surface area contributed by atoms with Gasteiger partial charge in [-0.25, -0.2) is 4.98 Å². The van der Waals surface area contributed by atoms with E-state index < -0.39 is 4.92 Å². The molecule has 0 N–H and O–H groups in total. The lowest BCUT2D eigenvalue weighted by molar-refractivity contribution is -0.385. The van der Waals surface area contributed by atoms with Gasteiger partial charge in [-0.2, -0.15) is 0 Å². The Labute approximate surface area is 140 Å². The van der Waals surface area contributed by atoms with Gasteiger partial charge in [-0.15, -0.1) is 0 Å². The summed E-state index contributed by atoms with van der Waals surface area (Å²) in [4.78, 5) is 31.2. The topological polar surface area (TPSA) is 79.6 Å². The van der Waals surface area contributed by atoms with Crippen molar-refractivity contribution in [1.29, 1.82) is 0 Å². The minimum absolute atomic E-state index is 0.00287. The monoisotopic (exact) mass is 328 g/mol. The molecular weight excluding hydrogens is 308 g/mol. The van der Waals surface area contributed by atoms with E-state index in [0.717, 1.165) is 18.7 Å². The van der Waals surface area contributed by atoms with Crippen LogP contribution in [-0.4, -0.2) is 46.9 Å². The van der Waals surface area contributed by atoms with Crippen molar-refractivity contribution >= 4 is 17.4 Å². The number of nitrogens with zero attached hydrogens (tertiary/aromatic N) is 4. The van der Waals surface area contributed by atoms with Crippen LogP contribution in [0, 0.1) is 27.9 Å². The molecule has 2 aliphatic carbocycles. The van der Waals surface area contributed by atoms with Gasteiger partial charge in [0.2, 0.25) is 5.91 Å². The van der Waals surface area contributed by atoms with Crippen LogP contribution >= 0.6 is 0 Å². The molecule has 3 atom stereocenters. The molecule has 2 fully saturated rings. The second kappa shape index (κ2) is 5.89. The molecule has 2 heterocycles. The van der Waals surface area contributed by atoms with E-state index >= 15 is 0 Å². The fraction of sp³-hybridized carbons (Fsp3) is 0.529. The fourth-order valence-electron chi connectivity index (χ4n) is 4.13. The molecule has 0 radical (unpaired) electrons. The average Bonchev–Trinajstić information content (AvgIpc) is 3.25. The summed E-state index contributed by atoms with van der Waals surface area (Å²) < 4.78 is 0. The summed E-state index contributed by atoms with van der Waals surface area (Å²) in [5, 5.41) is 10.7. The highest BCUT2D eigenvalue weighted by Gasteiger charge is 2.41. The maximum absolute atomic E-state index is 12.7. The first-order valence-corrected chi connectivity index (χ1v) is 8.44. The number of amides is 1. The van der Waals surface area contributed by atoms with Gasteiger partial charge in [0.05, 0.1) is 4.92 Å². The molecule has 4 rings (SSSR count). The van der Waals surface area contributed by atoms with Crippen molar-refractivity contribution in [2.75, 3.05) is 31.1 Å². The average molecular weight is 328 g/mol. The summed E-state index contributed by atoms with van der Waals surface area (Å²) in [5.74, 6) is 2.24. The third kappa shape index (κ3) is 2.64. The first-order valence-electron chi connectivity index (χ1n) is 8.44. The van der Waals surface area contributed by atoms with Crippen LogP contribution in [0.2, 0.25) is 0 Å². The third-order valence-corrected chi connectivity index (χ3v) is 5.45. The summed E-state index contributed by atoms with van der Waals surface area (Å²) in [7, 11) is 0. The number of nitro groups is 1. The Balaban J connectivity index is 1.35. The number of hydrogen-bond donors (Lipinski definition) is 0. The van der Waals surface area contributed by atoms with Crippen molar-refractivity contribution in [1.82, 2.24) is 9.88 Å². The SMILES string of the molecule is O=C(C1CC2C=CC1C2)N1CCN(c2ccc([N+](=O)[O-])cn2)CC1. The number of pyridine rings is 1. The summed E-state index contributed by atoms with van der Waals surface area (Å²) in [6.07, 6.45) is 7.90. The van der Waals surface area contributed by atoms with Crippen LogP contribution in [0.5, 0.6) is 0 Å². The Morgan fingerprint density at radius 1 is 1.17 bits per heavy atom. The molecule has 0 spiro atoms. The van der Waals surface area contributed by atoms with E-state index in [0.29, 0.717) is 43.9 Å².